The molecule has 0 aromatic rings. The minimum absolute atomic E-state index is 0.230. The quantitative estimate of drug-likeness (QED) is 0.525. The van der Waals surface area contributed by atoms with Crippen molar-refractivity contribution >= 4 is 5.78 Å². The highest BCUT2D eigenvalue weighted by molar-refractivity contribution is 5.88. The Morgan fingerprint density at radius 2 is 2.09 bits per heavy atom. The van der Waals surface area contributed by atoms with Gasteiger partial charge in [-0.15, -0.1) is 0 Å². The molecule has 64 valence electrons. The first-order chi connectivity index (χ1) is 4.94. The van der Waals surface area contributed by atoms with Gasteiger partial charge in [0.15, 0.2) is 5.78 Å². The van der Waals surface area contributed by atoms with Crippen molar-refractivity contribution in [2.45, 2.75) is 32.7 Å². The van der Waals surface area contributed by atoms with Crippen LogP contribution in [0.5, 0.6) is 0 Å². The predicted octanol–water partition coefficient (Wildman–Crippen LogP) is 1.31. The number of hydrogen-bond acceptors (Lipinski definition) is 2. The molecule has 0 aliphatic carbocycles. The second-order valence-corrected chi connectivity index (χ2v) is 4.17. The highest BCUT2D eigenvalue weighted by Gasteiger charge is 2.37. The first-order valence-corrected chi connectivity index (χ1v) is 4.19. The SMILES string of the molecule is CC1CC(=O)C(C)(C)N(C)C1. The van der Waals surface area contributed by atoms with Gasteiger partial charge in [0, 0.05) is 13.0 Å². The van der Waals surface area contributed by atoms with Gasteiger partial charge in [-0.25, -0.2) is 0 Å². The van der Waals surface area contributed by atoms with Crippen LogP contribution in [-0.4, -0.2) is 29.8 Å². The topological polar surface area (TPSA) is 20.3 Å². The fourth-order valence-corrected chi connectivity index (χ4v) is 1.54. The Kier molecular flexibility index (Phi) is 2.06. The first kappa shape index (κ1) is 8.72. The molecule has 0 saturated carbocycles. The molecule has 0 spiro atoms. The molecule has 1 aliphatic heterocycles. The molecule has 2 nitrogen and oxygen atoms in total. The standard InChI is InChI=1S/C9H17NO/c1-7-5-8(11)9(2,3)10(4)6-7/h7H,5-6H2,1-4H3. The van der Waals surface area contributed by atoms with Crippen LogP contribution in [0.1, 0.15) is 27.2 Å². The third kappa shape index (κ3) is 1.45. The summed E-state index contributed by atoms with van der Waals surface area (Å²) in [7, 11) is 2.02. The Morgan fingerprint density at radius 1 is 1.55 bits per heavy atom. The largest absolute Gasteiger partial charge is 0.298 e. The van der Waals surface area contributed by atoms with Gasteiger partial charge in [0.25, 0.3) is 0 Å². The molecule has 1 saturated heterocycles. The summed E-state index contributed by atoms with van der Waals surface area (Å²) < 4.78 is 0. The molecule has 1 aliphatic rings. The van der Waals surface area contributed by atoms with Gasteiger partial charge in [0.2, 0.25) is 0 Å². The maximum atomic E-state index is 11.5. The summed E-state index contributed by atoms with van der Waals surface area (Å²) in [6.07, 6.45) is 0.747. The smallest absolute Gasteiger partial charge is 0.152 e. The molecule has 1 heterocycles. The number of Topliss-reactive ketones (excluding diaryl/α,β-unsaturated/α-hetero) is 1. The number of rotatable bonds is 0. The lowest BCUT2D eigenvalue weighted by Crippen LogP contribution is -2.53. The lowest BCUT2D eigenvalue weighted by molar-refractivity contribution is -0.133. The fourth-order valence-electron chi connectivity index (χ4n) is 1.54. The molecule has 11 heavy (non-hydrogen) atoms. The van der Waals surface area contributed by atoms with Gasteiger partial charge in [-0.1, -0.05) is 6.92 Å². The van der Waals surface area contributed by atoms with Gasteiger partial charge in [-0.3, -0.25) is 9.69 Å². The minimum Gasteiger partial charge on any atom is -0.298 e. The number of likely N-dealkylation sites (N-methyl/N-ethyl adjacent to an activating group) is 1. The number of carbonyl (C=O) groups excluding carboxylic acids is 1. The van der Waals surface area contributed by atoms with E-state index < -0.39 is 0 Å². The zero-order valence-corrected chi connectivity index (χ0v) is 7.85. The van der Waals surface area contributed by atoms with E-state index in [-0.39, 0.29) is 5.54 Å². The summed E-state index contributed by atoms with van der Waals surface area (Å²) in [6, 6.07) is 0. The number of carbonyl (C=O) groups is 1. The Morgan fingerprint density at radius 3 is 2.55 bits per heavy atom. The van der Waals surface area contributed by atoms with Crippen molar-refractivity contribution in [2.24, 2.45) is 5.92 Å². The molecule has 0 radical (unpaired) electrons. The number of nitrogens with zero attached hydrogens (tertiary/aromatic N) is 1. The van der Waals surface area contributed by atoms with E-state index in [0.717, 1.165) is 13.0 Å². The van der Waals surface area contributed by atoms with Gasteiger partial charge >= 0.3 is 0 Å². The summed E-state index contributed by atoms with van der Waals surface area (Å²) in [5.41, 5.74) is -0.230. The molecule has 0 bridgehead atoms. The summed E-state index contributed by atoms with van der Waals surface area (Å²) >= 11 is 0. The highest BCUT2D eigenvalue weighted by Crippen LogP contribution is 2.25. The summed E-state index contributed by atoms with van der Waals surface area (Å²) in [5.74, 6) is 0.902. The van der Waals surface area contributed by atoms with Crippen molar-refractivity contribution in [3.63, 3.8) is 0 Å². The third-order valence-corrected chi connectivity index (χ3v) is 2.76. The molecule has 0 aromatic heterocycles. The van der Waals surface area contributed by atoms with E-state index in [1.165, 1.54) is 0 Å². The normalized spacial score (nSPS) is 32.4. The van der Waals surface area contributed by atoms with E-state index >= 15 is 0 Å². The van der Waals surface area contributed by atoms with Crippen LogP contribution in [0.4, 0.5) is 0 Å². The molecule has 1 atom stereocenters. The molecule has 0 amide bonds. The van der Waals surface area contributed by atoms with Crippen molar-refractivity contribution in [1.29, 1.82) is 0 Å². The van der Waals surface area contributed by atoms with Crippen molar-refractivity contribution in [1.82, 2.24) is 4.90 Å². The monoisotopic (exact) mass is 155 g/mol. The van der Waals surface area contributed by atoms with Gasteiger partial charge in [-0.2, -0.15) is 0 Å². The van der Waals surface area contributed by atoms with Crippen LogP contribution < -0.4 is 0 Å². The Bertz CT molecular complexity index is 174. The minimum atomic E-state index is -0.230. The van der Waals surface area contributed by atoms with Gasteiger partial charge in [-0.05, 0) is 26.8 Å². The Balaban J connectivity index is 2.76. The zero-order valence-electron chi connectivity index (χ0n) is 7.85. The van der Waals surface area contributed by atoms with Gasteiger partial charge < -0.3 is 0 Å². The lowest BCUT2D eigenvalue weighted by atomic mass is 9.85. The molecule has 1 rings (SSSR count). The summed E-state index contributed by atoms with van der Waals surface area (Å²) in [6.45, 7) is 7.17. The second kappa shape index (κ2) is 2.59. The molecule has 1 fully saturated rings. The van der Waals surface area contributed by atoms with Gasteiger partial charge in [0.05, 0.1) is 5.54 Å². The molecule has 0 N–H and O–H groups in total. The average molecular weight is 155 g/mol. The van der Waals surface area contributed by atoms with E-state index in [0.29, 0.717) is 11.7 Å². The zero-order chi connectivity index (χ0) is 8.65. The summed E-state index contributed by atoms with van der Waals surface area (Å²) in [4.78, 5) is 13.6. The van der Waals surface area contributed by atoms with E-state index in [4.69, 9.17) is 0 Å². The molecule has 2 heteroatoms. The van der Waals surface area contributed by atoms with Crippen LogP contribution in [0.25, 0.3) is 0 Å². The predicted molar refractivity (Wildman–Crippen MR) is 45.5 cm³/mol. The number of piperidine rings is 1. The van der Waals surface area contributed by atoms with Crippen LogP contribution in [0, 0.1) is 5.92 Å². The van der Waals surface area contributed by atoms with E-state index in [9.17, 15) is 4.79 Å². The molecule has 1 unspecified atom stereocenters. The number of likely N-dealkylation sites (tertiary alicyclic amines) is 1. The van der Waals surface area contributed by atoms with Crippen molar-refractivity contribution in [3.8, 4) is 0 Å². The summed E-state index contributed by atoms with van der Waals surface area (Å²) in [5, 5.41) is 0. The average Bonchev–Trinajstić information content (AvgIpc) is 1.84. The number of ketones is 1. The van der Waals surface area contributed by atoms with Crippen LogP contribution in [0.2, 0.25) is 0 Å². The molecular formula is C9H17NO. The van der Waals surface area contributed by atoms with Crippen LogP contribution in [0.15, 0.2) is 0 Å². The van der Waals surface area contributed by atoms with E-state index in [1.807, 2.05) is 20.9 Å². The highest BCUT2D eigenvalue weighted by atomic mass is 16.1. The Hall–Kier alpha value is -0.370. The molecule has 0 aromatic carbocycles. The Labute approximate surface area is 68.6 Å². The van der Waals surface area contributed by atoms with Crippen molar-refractivity contribution < 1.29 is 4.79 Å². The maximum Gasteiger partial charge on any atom is 0.152 e. The number of hydrogen-bond donors (Lipinski definition) is 0. The second-order valence-electron chi connectivity index (χ2n) is 4.17. The van der Waals surface area contributed by atoms with Crippen LogP contribution in [0.3, 0.4) is 0 Å². The fraction of sp³-hybridized carbons (Fsp3) is 0.889. The van der Waals surface area contributed by atoms with Crippen LogP contribution >= 0.6 is 0 Å². The third-order valence-electron chi connectivity index (χ3n) is 2.76. The lowest BCUT2D eigenvalue weighted by Gasteiger charge is -2.40. The van der Waals surface area contributed by atoms with Crippen molar-refractivity contribution in [3.05, 3.63) is 0 Å². The van der Waals surface area contributed by atoms with Crippen LogP contribution in [-0.2, 0) is 4.79 Å². The maximum absolute atomic E-state index is 11.5. The first-order valence-electron chi connectivity index (χ1n) is 4.19. The van der Waals surface area contributed by atoms with E-state index in [2.05, 4.69) is 11.8 Å². The van der Waals surface area contributed by atoms with E-state index in [1.54, 1.807) is 0 Å². The van der Waals surface area contributed by atoms with Gasteiger partial charge in [0.1, 0.15) is 0 Å². The molecular weight excluding hydrogens is 138 g/mol. The van der Waals surface area contributed by atoms with Crippen molar-refractivity contribution in [2.75, 3.05) is 13.6 Å².